The minimum Gasteiger partial charge on any atom is -0.480 e. The molecule has 8 nitrogen and oxygen atoms in total. The lowest BCUT2D eigenvalue weighted by atomic mass is 9.84. The maximum atomic E-state index is 12.4. The van der Waals surface area contributed by atoms with Crippen LogP contribution in [0.5, 0.6) is 0 Å². The van der Waals surface area contributed by atoms with Crippen LogP contribution in [0.25, 0.3) is 0 Å². The normalized spacial score (nSPS) is 29.7. The lowest BCUT2D eigenvalue weighted by Gasteiger charge is -2.43. The SMILES string of the molecule is CC1CCCCC12OC(=O)C(/C=C/C=C/C=C1C(=O)OC(C)(C)OC1=O)=C(O)O2. The molecule has 2 fully saturated rings. The Kier molecular flexibility index (Phi) is 5.55. The molecular weight excluding hydrogens is 380 g/mol. The number of rotatable bonds is 3. The lowest BCUT2D eigenvalue weighted by Crippen LogP contribution is -2.49. The molecule has 156 valence electrons. The third kappa shape index (κ3) is 4.36. The van der Waals surface area contributed by atoms with Gasteiger partial charge in [-0.15, -0.1) is 0 Å². The number of hydrogen-bond acceptors (Lipinski definition) is 8. The Morgan fingerprint density at radius 1 is 0.931 bits per heavy atom. The van der Waals surface area contributed by atoms with Crippen molar-refractivity contribution in [3.63, 3.8) is 0 Å². The Morgan fingerprint density at radius 2 is 1.62 bits per heavy atom. The minimum atomic E-state index is -1.30. The second-order valence-electron chi connectivity index (χ2n) is 7.67. The summed E-state index contributed by atoms with van der Waals surface area (Å²) in [5.74, 6) is -5.11. The molecule has 2 heterocycles. The highest BCUT2D eigenvalue weighted by atomic mass is 16.8. The van der Waals surface area contributed by atoms with Crippen molar-refractivity contribution >= 4 is 17.9 Å². The number of cyclic esters (lactones) is 2. The summed E-state index contributed by atoms with van der Waals surface area (Å²) in [6, 6.07) is 0. The van der Waals surface area contributed by atoms with Crippen LogP contribution in [-0.2, 0) is 33.3 Å². The summed E-state index contributed by atoms with van der Waals surface area (Å²) in [6.07, 6.45) is 10.2. The van der Waals surface area contributed by atoms with Crippen LogP contribution in [0.2, 0.25) is 0 Å². The van der Waals surface area contributed by atoms with Crippen molar-refractivity contribution in [2.75, 3.05) is 0 Å². The van der Waals surface area contributed by atoms with E-state index in [1.54, 1.807) is 0 Å². The molecule has 8 heteroatoms. The number of ether oxygens (including phenoxy) is 4. The zero-order valence-corrected chi connectivity index (χ0v) is 16.6. The van der Waals surface area contributed by atoms with Crippen LogP contribution in [0.3, 0.4) is 0 Å². The Bertz CT molecular complexity index is 823. The van der Waals surface area contributed by atoms with Gasteiger partial charge in [0.2, 0.25) is 0 Å². The molecule has 1 N–H and O–H groups in total. The average molecular weight is 404 g/mol. The van der Waals surface area contributed by atoms with E-state index in [0.29, 0.717) is 6.42 Å². The van der Waals surface area contributed by atoms with E-state index in [0.717, 1.165) is 19.3 Å². The van der Waals surface area contributed by atoms with Crippen molar-refractivity contribution in [3.05, 3.63) is 47.5 Å². The fourth-order valence-corrected chi connectivity index (χ4v) is 3.43. The fraction of sp³-hybridized carbons (Fsp3) is 0.476. The van der Waals surface area contributed by atoms with E-state index in [4.69, 9.17) is 18.9 Å². The molecule has 29 heavy (non-hydrogen) atoms. The molecule has 1 aliphatic carbocycles. The van der Waals surface area contributed by atoms with E-state index in [1.807, 2.05) is 6.92 Å². The first-order valence-electron chi connectivity index (χ1n) is 9.51. The predicted molar refractivity (Wildman–Crippen MR) is 99.8 cm³/mol. The molecule has 1 saturated carbocycles. The van der Waals surface area contributed by atoms with Gasteiger partial charge in [0.05, 0.1) is 0 Å². The first-order chi connectivity index (χ1) is 13.6. The highest BCUT2D eigenvalue weighted by molar-refractivity contribution is 6.15. The molecule has 2 aliphatic heterocycles. The lowest BCUT2D eigenvalue weighted by molar-refractivity contribution is -0.269. The fourth-order valence-electron chi connectivity index (χ4n) is 3.43. The van der Waals surface area contributed by atoms with Crippen LogP contribution in [0.1, 0.15) is 46.5 Å². The van der Waals surface area contributed by atoms with Gasteiger partial charge in [0.1, 0.15) is 11.1 Å². The molecule has 2 unspecified atom stereocenters. The highest BCUT2D eigenvalue weighted by Crippen LogP contribution is 2.42. The highest BCUT2D eigenvalue weighted by Gasteiger charge is 2.48. The number of aliphatic hydroxyl groups excluding tert-OH is 1. The van der Waals surface area contributed by atoms with Gasteiger partial charge < -0.3 is 24.1 Å². The molecule has 0 radical (unpaired) electrons. The van der Waals surface area contributed by atoms with Gasteiger partial charge in [-0.2, -0.15) is 0 Å². The van der Waals surface area contributed by atoms with Gasteiger partial charge in [-0.3, -0.25) is 0 Å². The molecule has 0 aromatic heterocycles. The smallest absolute Gasteiger partial charge is 0.348 e. The van der Waals surface area contributed by atoms with Gasteiger partial charge in [-0.05, 0) is 25.0 Å². The maximum absolute atomic E-state index is 12.4. The number of aliphatic hydroxyl groups is 1. The summed E-state index contributed by atoms with van der Waals surface area (Å²) in [7, 11) is 0. The van der Waals surface area contributed by atoms with Gasteiger partial charge >= 0.3 is 17.9 Å². The van der Waals surface area contributed by atoms with E-state index < -0.39 is 35.4 Å². The Balaban J connectivity index is 1.68. The molecular formula is C21H24O8. The molecule has 0 bridgehead atoms. The van der Waals surface area contributed by atoms with E-state index >= 15 is 0 Å². The zero-order chi connectivity index (χ0) is 21.2. The summed E-state index contributed by atoms with van der Waals surface area (Å²) in [5, 5.41) is 10.2. The average Bonchev–Trinajstić information content (AvgIpc) is 2.60. The number of carbonyl (C=O) groups is 3. The van der Waals surface area contributed by atoms with Crippen LogP contribution in [0.4, 0.5) is 0 Å². The molecule has 2 atom stereocenters. The zero-order valence-electron chi connectivity index (χ0n) is 16.6. The second-order valence-corrected chi connectivity index (χ2v) is 7.67. The Morgan fingerprint density at radius 3 is 2.24 bits per heavy atom. The monoisotopic (exact) mass is 404 g/mol. The van der Waals surface area contributed by atoms with Gasteiger partial charge in [-0.1, -0.05) is 31.6 Å². The third-order valence-corrected chi connectivity index (χ3v) is 5.01. The topological polar surface area (TPSA) is 108 Å². The first-order valence-corrected chi connectivity index (χ1v) is 9.51. The molecule has 0 aromatic carbocycles. The molecule has 0 amide bonds. The van der Waals surface area contributed by atoms with Crippen LogP contribution in [-0.4, -0.2) is 34.6 Å². The first kappa shape index (κ1) is 20.7. The molecule has 0 aromatic rings. The van der Waals surface area contributed by atoms with Crippen molar-refractivity contribution in [2.45, 2.75) is 58.0 Å². The summed E-state index contributed by atoms with van der Waals surface area (Å²) in [5.41, 5.74) is -0.353. The van der Waals surface area contributed by atoms with Gasteiger partial charge in [-0.25, -0.2) is 14.4 Å². The maximum Gasteiger partial charge on any atom is 0.348 e. The van der Waals surface area contributed by atoms with Gasteiger partial charge in [0, 0.05) is 26.2 Å². The van der Waals surface area contributed by atoms with Crippen molar-refractivity contribution in [2.24, 2.45) is 5.92 Å². The minimum absolute atomic E-state index is 0.0145. The standard InChI is InChI=1S/C21H24O8/c1-13-9-7-8-12-21(13)28-18(24)15(19(25)29-21)11-6-4-5-10-14-16(22)26-20(2,3)27-17(14)23/h4-6,10-11,13,24H,7-9,12H2,1-3H3/b5-4+,11-6+. The second kappa shape index (κ2) is 7.77. The van der Waals surface area contributed by atoms with E-state index in [1.165, 1.54) is 44.2 Å². The Hall–Kier alpha value is -3.03. The van der Waals surface area contributed by atoms with Crippen molar-refractivity contribution < 1.29 is 38.4 Å². The summed E-state index contributed by atoms with van der Waals surface area (Å²) in [4.78, 5) is 36.0. The van der Waals surface area contributed by atoms with Crippen LogP contribution < -0.4 is 0 Å². The van der Waals surface area contributed by atoms with Crippen molar-refractivity contribution in [3.8, 4) is 0 Å². The van der Waals surface area contributed by atoms with E-state index in [-0.39, 0.29) is 17.1 Å². The summed E-state index contributed by atoms with van der Waals surface area (Å²) < 4.78 is 21.1. The van der Waals surface area contributed by atoms with Crippen LogP contribution >= 0.6 is 0 Å². The third-order valence-electron chi connectivity index (χ3n) is 5.01. The largest absolute Gasteiger partial charge is 0.480 e. The summed E-state index contributed by atoms with van der Waals surface area (Å²) in [6.45, 7) is 4.85. The Labute approximate surface area is 168 Å². The molecule has 1 saturated heterocycles. The number of carbonyl (C=O) groups excluding carboxylic acids is 3. The molecule has 1 spiro atoms. The number of allylic oxidation sites excluding steroid dienone is 4. The van der Waals surface area contributed by atoms with Crippen LogP contribution in [0, 0.1) is 5.92 Å². The number of hydrogen-bond donors (Lipinski definition) is 1. The molecule has 3 rings (SSSR count). The predicted octanol–water partition coefficient (Wildman–Crippen LogP) is 3.11. The summed E-state index contributed by atoms with van der Waals surface area (Å²) >= 11 is 0. The van der Waals surface area contributed by atoms with E-state index in [2.05, 4.69) is 0 Å². The quantitative estimate of drug-likeness (QED) is 0.331. The molecule has 3 aliphatic rings. The van der Waals surface area contributed by atoms with Gasteiger partial charge in [0.15, 0.2) is 0 Å². The van der Waals surface area contributed by atoms with Gasteiger partial charge in [0.25, 0.3) is 17.5 Å². The van der Waals surface area contributed by atoms with E-state index in [9.17, 15) is 19.5 Å². The van der Waals surface area contributed by atoms with Crippen LogP contribution in [0.15, 0.2) is 47.5 Å². The van der Waals surface area contributed by atoms with Crippen molar-refractivity contribution in [1.82, 2.24) is 0 Å². The van der Waals surface area contributed by atoms with Crippen molar-refractivity contribution in [1.29, 1.82) is 0 Å². The number of esters is 3.